The van der Waals surface area contributed by atoms with Crippen LogP contribution in [0.4, 0.5) is 5.82 Å². The summed E-state index contributed by atoms with van der Waals surface area (Å²) < 4.78 is 1.93. The average molecular weight is 464 g/mol. The number of nitriles is 1. The molecular formula is C27H25N7O. The highest BCUT2D eigenvalue weighted by Crippen LogP contribution is 2.38. The van der Waals surface area contributed by atoms with E-state index in [1.807, 2.05) is 33.9 Å². The van der Waals surface area contributed by atoms with E-state index < -0.39 is 0 Å². The van der Waals surface area contributed by atoms with Crippen molar-refractivity contribution in [3.8, 4) is 23.0 Å². The van der Waals surface area contributed by atoms with Crippen LogP contribution in [0.25, 0.3) is 28.0 Å². The number of rotatable bonds is 4. The van der Waals surface area contributed by atoms with Crippen molar-refractivity contribution in [3.05, 3.63) is 66.7 Å². The van der Waals surface area contributed by atoms with Crippen molar-refractivity contribution in [3.63, 3.8) is 0 Å². The molecular weight excluding hydrogens is 438 g/mol. The molecule has 2 aliphatic rings. The molecule has 1 atom stereocenters. The summed E-state index contributed by atoms with van der Waals surface area (Å²) in [6, 6.07) is 15.9. The largest absolute Gasteiger partial charge is 0.352 e. The summed E-state index contributed by atoms with van der Waals surface area (Å²) in [5.41, 5.74) is 3.34. The van der Waals surface area contributed by atoms with Gasteiger partial charge in [0.05, 0.1) is 17.0 Å². The molecule has 1 aliphatic heterocycles. The van der Waals surface area contributed by atoms with Crippen molar-refractivity contribution in [2.24, 2.45) is 5.92 Å². The molecule has 0 unspecified atom stereocenters. The van der Waals surface area contributed by atoms with E-state index in [9.17, 15) is 10.1 Å². The van der Waals surface area contributed by atoms with Gasteiger partial charge in [0.2, 0.25) is 5.91 Å². The van der Waals surface area contributed by atoms with Crippen LogP contribution in [0.15, 0.2) is 61.2 Å². The molecule has 174 valence electrons. The summed E-state index contributed by atoms with van der Waals surface area (Å²) in [5.74, 6) is 2.01. The van der Waals surface area contributed by atoms with Gasteiger partial charge in [0.1, 0.15) is 18.0 Å². The highest BCUT2D eigenvalue weighted by Gasteiger charge is 2.38. The maximum atomic E-state index is 12.7. The van der Waals surface area contributed by atoms with Crippen molar-refractivity contribution in [1.29, 1.82) is 5.26 Å². The van der Waals surface area contributed by atoms with Crippen LogP contribution in [0.1, 0.15) is 25.3 Å². The molecule has 0 spiro atoms. The molecule has 4 aromatic rings. The van der Waals surface area contributed by atoms with Crippen LogP contribution in [-0.2, 0) is 4.79 Å². The van der Waals surface area contributed by atoms with E-state index in [1.165, 1.54) is 0 Å². The second kappa shape index (κ2) is 8.51. The number of fused-ring (bicyclic) bond motifs is 1. The van der Waals surface area contributed by atoms with E-state index in [2.05, 4.69) is 40.0 Å². The van der Waals surface area contributed by atoms with Crippen LogP contribution >= 0.6 is 0 Å². The van der Waals surface area contributed by atoms with Gasteiger partial charge in [0.25, 0.3) is 0 Å². The quantitative estimate of drug-likeness (QED) is 0.457. The number of amides is 1. The lowest BCUT2D eigenvalue weighted by atomic mass is 10.1. The molecule has 1 aliphatic carbocycles. The van der Waals surface area contributed by atoms with Crippen molar-refractivity contribution in [2.45, 2.75) is 25.8 Å². The number of nitrogens with zero attached hydrogens (tertiary/aromatic N) is 7. The zero-order valence-electron chi connectivity index (χ0n) is 19.5. The lowest BCUT2D eigenvalue weighted by Crippen LogP contribution is -2.54. The third kappa shape index (κ3) is 3.79. The molecule has 8 heteroatoms. The number of piperazine rings is 1. The Kier molecular flexibility index (Phi) is 5.18. The molecule has 0 bridgehead atoms. The monoisotopic (exact) mass is 463 g/mol. The van der Waals surface area contributed by atoms with Crippen molar-refractivity contribution < 1.29 is 4.79 Å². The molecule has 35 heavy (non-hydrogen) atoms. The number of carbonyl (C=O) groups is 1. The second-order valence-corrected chi connectivity index (χ2v) is 9.29. The van der Waals surface area contributed by atoms with Crippen LogP contribution < -0.4 is 4.90 Å². The summed E-state index contributed by atoms with van der Waals surface area (Å²) in [6.07, 6.45) is 7.30. The Morgan fingerprint density at radius 1 is 1.09 bits per heavy atom. The molecule has 1 amide bonds. The van der Waals surface area contributed by atoms with Crippen LogP contribution in [-0.4, -0.2) is 56.0 Å². The fraction of sp³-hybridized carbons (Fsp3) is 0.296. The maximum Gasteiger partial charge on any atom is 0.226 e. The first kappa shape index (κ1) is 21.3. The van der Waals surface area contributed by atoms with Crippen molar-refractivity contribution in [1.82, 2.24) is 24.4 Å². The van der Waals surface area contributed by atoms with E-state index in [0.29, 0.717) is 30.4 Å². The molecule has 8 nitrogen and oxygen atoms in total. The highest BCUT2D eigenvalue weighted by molar-refractivity contribution is 6.02. The van der Waals surface area contributed by atoms with Gasteiger partial charge in [0.15, 0.2) is 5.65 Å². The molecule has 2 fully saturated rings. The minimum Gasteiger partial charge on any atom is -0.352 e. The van der Waals surface area contributed by atoms with Gasteiger partial charge >= 0.3 is 0 Å². The van der Waals surface area contributed by atoms with Gasteiger partial charge in [-0.15, -0.1) is 0 Å². The summed E-state index contributed by atoms with van der Waals surface area (Å²) in [5, 5.41) is 10.3. The first-order valence-electron chi connectivity index (χ1n) is 12.0. The minimum absolute atomic E-state index is 0.109. The molecule has 1 aromatic carbocycles. The van der Waals surface area contributed by atoms with E-state index in [-0.39, 0.29) is 12.0 Å². The molecule has 0 radical (unpaired) electrons. The SMILES string of the molecule is C[C@@H]1CN(c2ncnc3c2c(-c2ccccc2)cn3-c2cc(C#N)ccn2)CCN1C(=O)C1CC1. The Morgan fingerprint density at radius 2 is 1.91 bits per heavy atom. The fourth-order valence-electron chi connectivity index (χ4n) is 4.96. The Morgan fingerprint density at radius 3 is 2.66 bits per heavy atom. The van der Waals surface area contributed by atoms with Crippen molar-refractivity contribution >= 4 is 22.8 Å². The lowest BCUT2D eigenvalue weighted by Gasteiger charge is -2.40. The van der Waals surface area contributed by atoms with Crippen LogP contribution in [0.2, 0.25) is 0 Å². The Balaban J connectivity index is 1.46. The first-order chi connectivity index (χ1) is 17.1. The van der Waals surface area contributed by atoms with E-state index in [0.717, 1.165) is 47.4 Å². The zero-order chi connectivity index (χ0) is 23.9. The Labute approximate surface area is 203 Å². The number of aromatic nitrogens is 4. The van der Waals surface area contributed by atoms with Gasteiger partial charge in [0, 0.05) is 49.6 Å². The van der Waals surface area contributed by atoms with Gasteiger partial charge in [-0.05, 0) is 37.5 Å². The first-order valence-corrected chi connectivity index (χ1v) is 12.0. The maximum absolute atomic E-state index is 12.7. The molecule has 1 saturated carbocycles. The molecule has 6 rings (SSSR count). The normalized spacial score (nSPS) is 18.0. The number of anilines is 1. The number of hydrogen-bond donors (Lipinski definition) is 0. The third-order valence-electron chi connectivity index (χ3n) is 6.91. The van der Waals surface area contributed by atoms with Gasteiger partial charge < -0.3 is 9.80 Å². The number of hydrogen-bond acceptors (Lipinski definition) is 6. The number of pyridine rings is 1. The Hall–Kier alpha value is -4.25. The fourth-order valence-corrected chi connectivity index (χ4v) is 4.96. The van der Waals surface area contributed by atoms with Gasteiger partial charge in [-0.3, -0.25) is 9.36 Å². The van der Waals surface area contributed by atoms with Gasteiger partial charge in [-0.2, -0.15) is 5.26 Å². The summed E-state index contributed by atoms with van der Waals surface area (Å²) in [6.45, 7) is 4.24. The predicted molar refractivity (Wildman–Crippen MR) is 133 cm³/mol. The van der Waals surface area contributed by atoms with Crippen LogP contribution in [0.5, 0.6) is 0 Å². The van der Waals surface area contributed by atoms with E-state index in [4.69, 9.17) is 4.98 Å². The smallest absolute Gasteiger partial charge is 0.226 e. The second-order valence-electron chi connectivity index (χ2n) is 9.29. The summed E-state index contributed by atoms with van der Waals surface area (Å²) in [4.78, 5) is 30.9. The topological polar surface area (TPSA) is 90.9 Å². The van der Waals surface area contributed by atoms with Gasteiger partial charge in [-0.25, -0.2) is 15.0 Å². The van der Waals surface area contributed by atoms with Gasteiger partial charge in [-0.1, -0.05) is 30.3 Å². The van der Waals surface area contributed by atoms with Crippen molar-refractivity contribution in [2.75, 3.05) is 24.5 Å². The molecule has 3 aromatic heterocycles. The van der Waals surface area contributed by atoms with Crippen LogP contribution in [0.3, 0.4) is 0 Å². The molecule has 1 saturated heterocycles. The number of benzene rings is 1. The van der Waals surface area contributed by atoms with E-state index in [1.54, 1.807) is 24.7 Å². The minimum atomic E-state index is 0.109. The Bertz CT molecular complexity index is 1450. The van der Waals surface area contributed by atoms with E-state index >= 15 is 0 Å². The summed E-state index contributed by atoms with van der Waals surface area (Å²) in [7, 11) is 0. The average Bonchev–Trinajstić information content (AvgIpc) is 3.68. The van der Waals surface area contributed by atoms with Crippen LogP contribution in [0, 0.1) is 17.2 Å². The predicted octanol–water partition coefficient (Wildman–Crippen LogP) is 3.80. The molecule has 4 heterocycles. The summed E-state index contributed by atoms with van der Waals surface area (Å²) >= 11 is 0. The lowest BCUT2D eigenvalue weighted by molar-refractivity contribution is -0.134. The standard InChI is InChI=1S/C27H25N7O/c1-18-15-32(11-12-33(18)27(35)21-7-8-21)25-24-22(20-5-3-2-4-6-20)16-34(26(24)31-17-30-25)23-13-19(14-28)9-10-29-23/h2-6,9-10,13,16-18,21H,7-8,11-12,15H2,1H3/t18-/m1/s1. The number of carbonyl (C=O) groups excluding carboxylic acids is 1. The highest BCUT2D eigenvalue weighted by atomic mass is 16.2. The zero-order valence-corrected chi connectivity index (χ0v) is 19.5. The molecule has 0 N–H and O–H groups in total. The third-order valence-corrected chi connectivity index (χ3v) is 6.91.